The molecule has 0 saturated carbocycles. The summed E-state index contributed by atoms with van der Waals surface area (Å²) in [6, 6.07) is 17.9. The fourth-order valence-electron chi connectivity index (χ4n) is 5.07. The highest BCUT2D eigenvalue weighted by Gasteiger charge is 2.45. The van der Waals surface area contributed by atoms with E-state index in [0.29, 0.717) is 9.21 Å². The van der Waals surface area contributed by atoms with Gasteiger partial charge in [0, 0.05) is 13.1 Å². The number of fused-ring (bicyclic) bond motifs is 2. The molecule has 0 spiro atoms. The van der Waals surface area contributed by atoms with Crippen molar-refractivity contribution in [2.45, 2.75) is 30.6 Å². The summed E-state index contributed by atoms with van der Waals surface area (Å²) >= 11 is 0. The molecule has 2 aliphatic heterocycles. The van der Waals surface area contributed by atoms with E-state index in [9.17, 15) is 27.6 Å². The van der Waals surface area contributed by atoms with Gasteiger partial charge < -0.3 is 0 Å². The molecule has 5 rings (SSSR count). The monoisotopic (exact) mass is 595 g/mol. The Morgan fingerprint density at radius 1 is 0.690 bits per heavy atom. The van der Waals surface area contributed by atoms with Crippen LogP contribution in [0.15, 0.2) is 77.7 Å². The first-order chi connectivity index (χ1) is 19.9. The van der Waals surface area contributed by atoms with Gasteiger partial charge in [0.1, 0.15) is 0 Å². The first kappa shape index (κ1) is 29.2. The lowest BCUT2D eigenvalue weighted by Crippen LogP contribution is -2.48. The van der Waals surface area contributed by atoms with Gasteiger partial charge in [0.25, 0.3) is 29.6 Å². The third kappa shape index (κ3) is 5.47. The van der Waals surface area contributed by atoms with Gasteiger partial charge in [-0.3, -0.25) is 29.0 Å². The average Bonchev–Trinajstić information content (AvgIpc) is 3.35. The topological polar surface area (TPSA) is 112 Å². The van der Waals surface area contributed by atoms with Crippen molar-refractivity contribution in [3.05, 3.63) is 101 Å². The Balaban J connectivity index is 1.30. The number of rotatable bonds is 11. The Kier molecular flexibility index (Phi) is 7.78. The molecule has 0 bridgehead atoms. The molecule has 0 aromatic heterocycles. The molecule has 0 saturated heterocycles. The summed E-state index contributed by atoms with van der Waals surface area (Å²) in [4.78, 5) is 51.9. The van der Waals surface area contributed by atoms with Crippen LogP contribution in [0.5, 0.6) is 0 Å². The standard InChI is InChI=1S/C30H27F2N3O6S/c1-20-12-14-21(15-13-20)42(40,41)33(16-6-7-17-34-26(36)22-8-2-3-9-23(22)27(34)37)18-30(31,32)19-35-28(38)24-10-4-5-11-25(24)29(35)39/h2-5,8-15H,6-7,16-19H2,1H3. The predicted molar refractivity (Wildman–Crippen MR) is 148 cm³/mol. The zero-order valence-electron chi connectivity index (χ0n) is 22.6. The fraction of sp³-hybridized carbons (Fsp3) is 0.267. The van der Waals surface area contributed by atoms with E-state index in [1.54, 1.807) is 43.3 Å². The number of hydrogen-bond donors (Lipinski definition) is 0. The molecule has 4 amide bonds. The molecule has 0 atom stereocenters. The van der Waals surface area contributed by atoms with Gasteiger partial charge in [-0.1, -0.05) is 42.0 Å². The highest BCUT2D eigenvalue weighted by Crippen LogP contribution is 2.29. The highest BCUT2D eigenvalue weighted by molar-refractivity contribution is 7.89. The van der Waals surface area contributed by atoms with Gasteiger partial charge in [-0.15, -0.1) is 0 Å². The maximum absolute atomic E-state index is 15.5. The van der Waals surface area contributed by atoms with Gasteiger partial charge in [-0.25, -0.2) is 17.2 Å². The molecule has 9 nitrogen and oxygen atoms in total. The van der Waals surface area contributed by atoms with Gasteiger partial charge in [0.05, 0.1) is 40.2 Å². The number of hydrogen-bond acceptors (Lipinski definition) is 6. The van der Waals surface area contributed by atoms with E-state index >= 15 is 8.78 Å². The number of nitrogens with zero attached hydrogens (tertiary/aromatic N) is 3. The van der Waals surface area contributed by atoms with Crippen LogP contribution in [0.4, 0.5) is 8.78 Å². The second kappa shape index (κ2) is 11.2. The minimum absolute atomic E-state index is 0.00981. The summed E-state index contributed by atoms with van der Waals surface area (Å²) in [5.74, 6) is -6.46. The Bertz CT molecular complexity index is 1620. The van der Waals surface area contributed by atoms with Gasteiger partial charge in [-0.2, -0.15) is 4.31 Å². The van der Waals surface area contributed by atoms with Crippen molar-refractivity contribution in [2.24, 2.45) is 0 Å². The lowest BCUT2D eigenvalue weighted by atomic mass is 10.1. The molecular weight excluding hydrogens is 568 g/mol. The zero-order valence-corrected chi connectivity index (χ0v) is 23.4. The molecule has 2 aliphatic rings. The average molecular weight is 596 g/mol. The summed E-state index contributed by atoms with van der Waals surface area (Å²) in [5, 5.41) is 0. The van der Waals surface area contributed by atoms with Crippen molar-refractivity contribution in [3.8, 4) is 0 Å². The SMILES string of the molecule is Cc1ccc(S(=O)(=O)N(CCCCN2C(=O)c3ccccc3C2=O)CC(F)(F)CN2C(=O)c3ccccc3C2=O)cc1. The van der Waals surface area contributed by atoms with Crippen LogP contribution in [-0.4, -0.2) is 78.3 Å². The Hall–Kier alpha value is -4.29. The lowest BCUT2D eigenvalue weighted by Gasteiger charge is -2.29. The van der Waals surface area contributed by atoms with Crippen LogP contribution in [0.2, 0.25) is 0 Å². The number of imide groups is 2. The van der Waals surface area contributed by atoms with Crippen LogP contribution in [0.25, 0.3) is 0 Å². The van der Waals surface area contributed by atoms with E-state index < -0.39 is 52.7 Å². The molecule has 3 aromatic carbocycles. The van der Waals surface area contributed by atoms with Crippen LogP contribution >= 0.6 is 0 Å². The number of sulfonamides is 1. The largest absolute Gasteiger partial charge is 0.279 e. The maximum atomic E-state index is 15.5. The Labute approximate surface area is 241 Å². The second-order valence-electron chi connectivity index (χ2n) is 10.3. The molecule has 0 fully saturated rings. The molecule has 12 heteroatoms. The molecule has 218 valence electrons. The summed E-state index contributed by atoms with van der Waals surface area (Å²) in [7, 11) is -4.41. The number of alkyl halides is 2. The van der Waals surface area contributed by atoms with Crippen molar-refractivity contribution >= 4 is 33.7 Å². The second-order valence-corrected chi connectivity index (χ2v) is 12.2. The number of carbonyl (C=O) groups excluding carboxylic acids is 4. The van der Waals surface area contributed by atoms with E-state index in [0.717, 1.165) is 10.5 Å². The van der Waals surface area contributed by atoms with Crippen molar-refractivity contribution < 1.29 is 36.4 Å². The highest BCUT2D eigenvalue weighted by atomic mass is 32.2. The molecular formula is C30H27F2N3O6S. The summed E-state index contributed by atoms with van der Waals surface area (Å²) in [6.45, 7) is -1.20. The maximum Gasteiger partial charge on any atom is 0.279 e. The molecule has 0 aliphatic carbocycles. The van der Waals surface area contributed by atoms with Crippen molar-refractivity contribution in [2.75, 3.05) is 26.2 Å². The molecule has 0 radical (unpaired) electrons. The van der Waals surface area contributed by atoms with Crippen LogP contribution in [0, 0.1) is 6.92 Å². The first-order valence-electron chi connectivity index (χ1n) is 13.3. The summed E-state index contributed by atoms with van der Waals surface area (Å²) < 4.78 is 58.5. The Morgan fingerprint density at radius 3 is 1.62 bits per heavy atom. The minimum Gasteiger partial charge on any atom is -0.274 e. The quantitative estimate of drug-likeness (QED) is 0.245. The van der Waals surface area contributed by atoms with Crippen LogP contribution in [-0.2, 0) is 10.0 Å². The summed E-state index contributed by atoms with van der Waals surface area (Å²) in [5.41, 5.74) is 1.35. The fourth-order valence-corrected chi connectivity index (χ4v) is 6.57. The smallest absolute Gasteiger partial charge is 0.274 e. The van der Waals surface area contributed by atoms with E-state index in [2.05, 4.69) is 0 Å². The first-order valence-corrected chi connectivity index (χ1v) is 14.7. The predicted octanol–water partition coefficient (Wildman–Crippen LogP) is 3.99. The number of carbonyl (C=O) groups is 4. The summed E-state index contributed by atoms with van der Waals surface area (Å²) in [6.07, 6.45) is 0.219. The van der Waals surface area contributed by atoms with Gasteiger partial charge in [0.15, 0.2) is 0 Å². The van der Waals surface area contributed by atoms with E-state index in [-0.39, 0.29) is 53.1 Å². The third-order valence-electron chi connectivity index (χ3n) is 7.25. The number of benzene rings is 3. The molecule has 42 heavy (non-hydrogen) atoms. The van der Waals surface area contributed by atoms with E-state index in [4.69, 9.17) is 0 Å². The Morgan fingerprint density at radius 2 is 1.14 bits per heavy atom. The zero-order chi connectivity index (χ0) is 30.2. The van der Waals surface area contributed by atoms with E-state index in [1.165, 1.54) is 36.4 Å². The lowest BCUT2D eigenvalue weighted by molar-refractivity contribution is -0.0344. The van der Waals surface area contributed by atoms with Crippen molar-refractivity contribution in [1.29, 1.82) is 0 Å². The number of amides is 4. The molecule has 0 N–H and O–H groups in total. The van der Waals surface area contributed by atoms with Gasteiger partial charge in [0.2, 0.25) is 10.0 Å². The number of unbranched alkanes of at least 4 members (excludes halogenated alkanes) is 1. The molecule has 3 aromatic rings. The van der Waals surface area contributed by atoms with Crippen LogP contribution in [0.1, 0.15) is 59.8 Å². The van der Waals surface area contributed by atoms with Crippen LogP contribution in [0.3, 0.4) is 0 Å². The van der Waals surface area contributed by atoms with Crippen molar-refractivity contribution in [1.82, 2.24) is 14.1 Å². The van der Waals surface area contributed by atoms with Crippen molar-refractivity contribution in [3.63, 3.8) is 0 Å². The molecule has 0 unspecified atom stereocenters. The minimum atomic E-state index is -4.41. The van der Waals surface area contributed by atoms with Gasteiger partial charge in [-0.05, 0) is 56.2 Å². The molecule has 2 heterocycles. The number of halogens is 2. The normalized spacial score (nSPS) is 15.1. The van der Waals surface area contributed by atoms with Crippen LogP contribution < -0.4 is 0 Å². The van der Waals surface area contributed by atoms with Gasteiger partial charge >= 0.3 is 0 Å². The van der Waals surface area contributed by atoms with E-state index in [1.807, 2.05) is 0 Å². The third-order valence-corrected chi connectivity index (χ3v) is 9.11. The number of aryl methyl sites for hydroxylation is 1.